The van der Waals surface area contributed by atoms with Crippen LogP contribution in [0.4, 0.5) is 0 Å². The Morgan fingerprint density at radius 2 is 1.95 bits per heavy atom. The fourth-order valence-corrected chi connectivity index (χ4v) is 3.11. The predicted molar refractivity (Wildman–Crippen MR) is 82.4 cm³/mol. The van der Waals surface area contributed by atoms with E-state index in [2.05, 4.69) is 18.4 Å². The van der Waals surface area contributed by atoms with Crippen LogP contribution in [-0.4, -0.2) is 24.0 Å². The van der Waals surface area contributed by atoms with Crippen LogP contribution in [0.1, 0.15) is 31.7 Å². The highest BCUT2D eigenvalue weighted by molar-refractivity contribution is 6.30. The number of rotatable bonds is 5. The summed E-state index contributed by atoms with van der Waals surface area (Å²) in [7, 11) is 0. The second kappa shape index (κ2) is 6.08. The number of nitrogens with zero attached hydrogens (tertiary/aromatic N) is 1. The highest BCUT2D eigenvalue weighted by atomic mass is 35.5. The molecule has 0 saturated carbocycles. The van der Waals surface area contributed by atoms with Crippen molar-refractivity contribution >= 4 is 11.6 Å². The van der Waals surface area contributed by atoms with Crippen LogP contribution in [0.2, 0.25) is 5.02 Å². The maximum absolute atomic E-state index is 6.75. The van der Waals surface area contributed by atoms with Gasteiger partial charge in [0.25, 0.3) is 0 Å². The molecule has 1 saturated heterocycles. The van der Waals surface area contributed by atoms with Crippen LogP contribution < -0.4 is 5.73 Å². The van der Waals surface area contributed by atoms with Crippen molar-refractivity contribution in [2.24, 2.45) is 5.73 Å². The van der Waals surface area contributed by atoms with Crippen LogP contribution in [0, 0.1) is 0 Å². The highest BCUT2D eigenvalue weighted by Gasteiger charge is 2.37. The number of hydrogen-bond acceptors (Lipinski definition) is 2. The lowest BCUT2D eigenvalue weighted by atomic mass is 9.81. The minimum absolute atomic E-state index is 0.300. The minimum atomic E-state index is -0.392. The minimum Gasteiger partial charge on any atom is -0.320 e. The third-order valence-electron chi connectivity index (χ3n) is 4.30. The Hall–Kier alpha value is -0.830. The van der Waals surface area contributed by atoms with Crippen molar-refractivity contribution in [3.63, 3.8) is 0 Å². The van der Waals surface area contributed by atoms with Crippen molar-refractivity contribution in [1.29, 1.82) is 0 Å². The summed E-state index contributed by atoms with van der Waals surface area (Å²) >= 11 is 5.97. The third-order valence-corrected chi connectivity index (χ3v) is 4.55. The normalized spacial score (nSPS) is 21.0. The molecule has 2 nitrogen and oxygen atoms in total. The number of likely N-dealkylation sites (tertiary alicyclic amines) is 1. The standard InChI is InChI=1S/C16H23ClN2/c1-3-10-16(18,13(2)19-11-4-5-12-19)14-6-8-15(17)9-7-14/h3,6-9,13H,1,4-5,10-12,18H2,2H3. The van der Waals surface area contributed by atoms with Crippen LogP contribution in [0.5, 0.6) is 0 Å². The first-order valence-electron chi connectivity index (χ1n) is 6.98. The van der Waals surface area contributed by atoms with Crippen LogP contribution in [0.3, 0.4) is 0 Å². The van der Waals surface area contributed by atoms with E-state index in [-0.39, 0.29) is 0 Å². The van der Waals surface area contributed by atoms with Crippen LogP contribution in [-0.2, 0) is 5.54 Å². The van der Waals surface area contributed by atoms with Gasteiger partial charge in [0, 0.05) is 11.1 Å². The summed E-state index contributed by atoms with van der Waals surface area (Å²) in [5, 5.41) is 0.749. The quantitative estimate of drug-likeness (QED) is 0.835. The summed E-state index contributed by atoms with van der Waals surface area (Å²) in [6.07, 6.45) is 5.23. The lowest BCUT2D eigenvalue weighted by Crippen LogP contribution is -2.53. The fourth-order valence-electron chi connectivity index (χ4n) is 2.98. The SMILES string of the molecule is C=CCC(N)(c1ccc(Cl)cc1)C(C)N1CCCC1. The molecule has 104 valence electrons. The average Bonchev–Trinajstić information content (AvgIpc) is 2.92. The molecule has 1 aromatic carbocycles. The van der Waals surface area contributed by atoms with Crippen LogP contribution in [0.15, 0.2) is 36.9 Å². The summed E-state index contributed by atoms with van der Waals surface area (Å²) < 4.78 is 0. The van der Waals surface area contributed by atoms with Crippen molar-refractivity contribution in [3.05, 3.63) is 47.5 Å². The van der Waals surface area contributed by atoms with E-state index in [0.29, 0.717) is 6.04 Å². The molecule has 0 radical (unpaired) electrons. The van der Waals surface area contributed by atoms with Crippen molar-refractivity contribution < 1.29 is 0 Å². The first-order valence-corrected chi connectivity index (χ1v) is 7.35. The molecular formula is C16H23ClN2. The van der Waals surface area contributed by atoms with E-state index >= 15 is 0 Å². The average molecular weight is 279 g/mol. The molecule has 2 atom stereocenters. The van der Waals surface area contributed by atoms with Gasteiger partial charge in [0.1, 0.15) is 0 Å². The van der Waals surface area contributed by atoms with Gasteiger partial charge in [0.05, 0.1) is 5.54 Å². The topological polar surface area (TPSA) is 29.3 Å². The lowest BCUT2D eigenvalue weighted by molar-refractivity contribution is 0.161. The Labute approximate surface area is 121 Å². The molecule has 2 unspecified atom stereocenters. The molecule has 3 heteroatoms. The zero-order valence-electron chi connectivity index (χ0n) is 11.6. The van der Waals surface area contributed by atoms with Gasteiger partial charge in [0.2, 0.25) is 0 Å². The van der Waals surface area contributed by atoms with Crippen molar-refractivity contribution in [2.75, 3.05) is 13.1 Å². The molecule has 0 bridgehead atoms. The molecule has 1 heterocycles. The molecule has 2 rings (SSSR count). The van der Waals surface area contributed by atoms with Gasteiger partial charge in [-0.15, -0.1) is 6.58 Å². The highest BCUT2D eigenvalue weighted by Crippen LogP contribution is 2.32. The summed E-state index contributed by atoms with van der Waals surface area (Å²) in [6, 6.07) is 8.21. The molecule has 1 aliphatic rings. The maximum atomic E-state index is 6.75. The number of halogens is 1. The number of nitrogens with two attached hydrogens (primary N) is 1. The Bertz CT molecular complexity index is 423. The maximum Gasteiger partial charge on any atom is 0.0599 e. The van der Waals surface area contributed by atoms with Crippen molar-refractivity contribution in [3.8, 4) is 0 Å². The Balaban J connectivity index is 2.29. The van der Waals surface area contributed by atoms with Gasteiger partial charge in [-0.1, -0.05) is 29.8 Å². The summed E-state index contributed by atoms with van der Waals surface area (Å²) in [5.74, 6) is 0. The molecule has 0 spiro atoms. The fraction of sp³-hybridized carbons (Fsp3) is 0.500. The Kier molecular flexibility index (Phi) is 4.67. The Morgan fingerprint density at radius 3 is 2.47 bits per heavy atom. The van der Waals surface area contributed by atoms with Crippen LogP contribution in [0.25, 0.3) is 0 Å². The second-order valence-corrected chi connectivity index (χ2v) is 5.90. The third kappa shape index (κ3) is 3.02. The van der Waals surface area contributed by atoms with Gasteiger partial charge in [0.15, 0.2) is 0 Å². The van der Waals surface area contributed by atoms with Gasteiger partial charge in [-0.3, -0.25) is 4.90 Å². The second-order valence-electron chi connectivity index (χ2n) is 5.46. The van der Waals surface area contributed by atoms with Gasteiger partial charge >= 0.3 is 0 Å². The number of hydrogen-bond donors (Lipinski definition) is 1. The van der Waals surface area contributed by atoms with E-state index in [0.717, 1.165) is 30.1 Å². The van der Waals surface area contributed by atoms with Gasteiger partial charge < -0.3 is 5.73 Å². The molecule has 1 aromatic rings. The van der Waals surface area contributed by atoms with E-state index in [1.54, 1.807) is 0 Å². The largest absolute Gasteiger partial charge is 0.320 e. The van der Waals surface area contributed by atoms with Crippen molar-refractivity contribution in [1.82, 2.24) is 4.90 Å². The smallest absolute Gasteiger partial charge is 0.0599 e. The van der Waals surface area contributed by atoms with Gasteiger partial charge in [-0.05, 0) is 57.0 Å². The predicted octanol–water partition coefficient (Wildman–Crippen LogP) is 3.55. The first-order chi connectivity index (χ1) is 9.08. The zero-order chi connectivity index (χ0) is 13.9. The lowest BCUT2D eigenvalue weighted by Gasteiger charge is -2.40. The first kappa shape index (κ1) is 14.6. The molecule has 0 aromatic heterocycles. The molecule has 0 aliphatic carbocycles. The molecular weight excluding hydrogens is 256 g/mol. The van der Waals surface area contributed by atoms with Crippen molar-refractivity contribution in [2.45, 2.75) is 37.8 Å². The van der Waals surface area contributed by atoms with E-state index in [1.807, 2.05) is 30.3 Å². The molecule has 1 fully saturated rings. The van der Waals surface area contributed by atoms with Gasteiger partial charge in [-0.2, -0.15) is 0 Å². The molecule has 0 amide bonds. The molecule has 19 heavy (non-hydrogen) atoms. The van der Waals surface area contributed by atoms with Gasteiger partial charge in [-0.25, -0.2) is 0 Å². The van der Waals surface area contributed by atoms with Crippen LogP contribution >= 0.6 is 11.6 Å². The van der Waals surface area contributed by atoms with E-state index in [9.17, 15) is 0 Å². The summed E-state index contributed by atoms with van der Waals surface area (Å²) in [5.41, 5.74) is 7.49. The number of benzene rings is 1. The molecule has 2 N–H and O–H groups in total. The summed E-state index contributed by atoms with van der Waals surface area (Å²) in [6.45, 7) is 8.39. The molecule has 1 aliphatic heterocycles. The zero-order valence-corrected chi connectivity index (χ0v) is 12.4. The van der Waals surface area contributed by atoms with E-state index < -0.39 is 5.54 Å². The summed E-state index contributed by atoms with van der Waals surface area (Å²) in [4.78, 5) is 2.48. The Morgan fingerprint density at radius 1 is 1.37 bits per heavy atom. The van der Waals surface area contributed by atoms with E-state index in [1.165, 1.54) is 12.8 Å². The van der Waals surface area contributed by atoms with E-state index in [4.69, 9.17) is 17.3 Å². The monoisotopic (exact) mass is 278 g/mol.